The molecule has 17 heavy (non-hydrogen) atoms. The fraction of sp³-hybridized carbons (Fsp3) is 0.357. The normalized spacial score (nSPS) is 14.9. The predicted octanol–water partition coefficient (Wildman–Crippen LogP) is 3.22. The van der Waals surface area contributed by atoms with Gasteiger partial charge in [-0.05, 0) is 32.3 Å². The second-order valence-corrected chi connectivity index (χ2v) is 4.63. The summed E-state index contributed by atoms with van der Waals surface area (Å²) < 4.78 is 5.73. The highest BCUT2D eigenvalue weighted by Crippen LogP contribution is 2.35. The number of aryl methyl sites for hydroxylation is 2. The monoisotopic (exact) mass is 230 g/mol. The Balaban J connectivity index is 2.29. The minimum atomic E-state index is -0.116. The van der Waals surface area contributed by atoms with E-state index in [1.165, 1.54) is 12.5 Å². The molecule has 3 nitrogen and oxygen atoms in total. The van der Waals surface area contributed by atoms with Crippen molar-refractivity contribution in [2.75, 3.05) is 0 Å². The molecular formula is C14H14O3. The van der Waals surface area contributed by atoms with Crippen molar-refractivity contribution in [1.82, 2.24) is 0 Å². The van der Waals surface area contributed by atoms with E-state index in [1.54, 1.807) is 12.1 Å². The third kappa shape index (κ3) is 1.54. The lowest BCUT2D eigenvalue weighted by Gasteiger charge is -2.08. The van der Waals surface area contributed by atoms with Crippen LogP contribution in [0.1, 0.15) is 41.4 Å². The van der Waals surface area contributed by atoms with Crippen LogP contribution in [0.25, 0.3) is 11.0 Å². The molecule has 0 aliphatic heterocycles. The smallest absolute Gasteiger partial charge is 0.163 e. The van der Waals surface area contributed by atoms with Gasteiger partial charge in [0, 0.05) is 23.4 Å². The van der Waals surface area contributed by atoms with Crippen LogP contribution in [-0.4, -0.2) is 10.9 Å². The van der Waals surface area contributed by atoms with Crippen LogP contribution in [0.4, 0.5) is 0 Å². The van der Waals surface area contributed by atoms with Gasteiger partial charge in [0.2, 0.25) is 0 Å². The number of rotatable bonds is 1. The third-order valence-electron chi connectivity index (χ3n) is 3.45. The lowest BCUT2D eigenvalue weighted by atomic mass is 9.95. The Bertz CT molecular complexity index is 607. The summed E-state index contributed by atoms with van der Waals surface area (Å²) in [6.07, 6.45) is 4.28. The topological polar surface area (TPSA) is 50.4 Å². The fourth-order valence-corrected chi connectivity index (χ4v) is 2.58. The molecule has 0 spiro atoms. The number of Topliss-reactive ketones (excluding diaryl/α,β-unsaturated/α-hetero) is 1. The third-order valence-corrected chi connectivity index (χ3v) is 3.45. The maximum atomic E-state index is 11.4. The molecule has 88 valence electrons. The first-order valence-electron chi connectivity index (χ1n) is 5.95. The van der Waals surface area contributed by atoms with Gasteiger partial charge in [-0.3, -0.25) is 4.79 Å². The van der Waals surface area contributed by atoms with Gasteiger partial charge in [0.25, 0.3) is 0 Å². The van der Waals surface area contributed by atoms with E-state index >= 15 is 0 Å². The van der Waals surface area contributed by atoms with Crippen LogP contribution in [0, 0.1) is 0 Å². The van der Waals surface area contributed by atoms with Gasteiger partial charge >= 0.3 is 0 Å². The van der Waals surface area contributed by atoms with Crippen LogP contribution in [0.5, 0.6) is 5.75 Å². The van der Waals surface area contributed by atoms with E-state index < -0.39 is 0 Å². The van der Waals surface area contributed by atoms with Crippen molar-refractivity contribution in [2.24, 2.45) is 0 Å². The number of carbonyl (C=O) groups excluding carboxylic acids is 1. The van der Waals surface area contributed by atoms with E-state index in [9.17, 15) is 9.90 Å². The second kappa shape index (κ2) is 3.62. The molecule has 1 aliphatic carbocycles. The van der Waals surface area contributed by atoms with Crippen molar-refractivity contribution in [1.29, 1.82) is 0 Å². The second-order valence-electron chi connectivity index (χ2n) is 4.63. The van der Waals surface area contributed by atoms with Crippen molar-refractivity contribution < 1.29 is 14.3 Å². The van der Waals surface area contributed by atoms with Crippen molar-refractivity contribution in [3.05, 3.63) is 29.0 Å². The molecule has 0 fully saturated rings. The Kier molecular flexibility index (Phi) is 2.21. The maximum Gasteiger partial charge on any atom is 0.163 e. The Morgan fingerprint density at radius 3 is 2.82 bits per heavy atom. The van der Waals surface area contributed by atoms with Crippen molar-refractivity contribution >= 4 is 16.8 Å². The number of fused-ring (bicyclic) bond motifs is 3. The molecule has 3 heteroatoms. The Morgan fingerprint density at radius 1 is 1.29 bits per heavy atom. The molecule has 0 atom stereocenters. The molecule has 0 unspecified atom stereocenters. The molecule has 1 aliphatic rings. The molecule has 0 bridgehead atoms. The number of benzene rings is 1. The van der Waals surface area contributed by atoms with Crippen LogP contribution >= 0.6 is 0 Å². The highest BCUT2D eigenvalue weighted by molar-refractivity contribution is 6.01. The number of ketones is 1. The van der Waals surface area contributed by atoms with Gasteiger partial charge in [-0.25, -0.2) is 0 Å². The van der Waals surface area contributed by atoms with E-state index in [4.69, 9.17) is 4.42 Å². The molecule has 0 saturated heterocycles. The highest BCUT2D eigenvalue weighted by Gasteiger charge is 2.20. The number of aromatic hydroxyl groups is 1. The molecule has 0 saturated carbocycles. The van der Waals surface area contributed by atoms with Crippen LogP contribution in [-0.2, 0) is 12.8 Å². The Hall–Kier alpha value is -1.77. The van der Waals surface area contributed by atoms with E-state index in [1.807, 2.05) is 0 Å². The zero-order valence-corrected chi connectivity index (χ0v) is 9.75. The number of furan rings is 1. The van der Waals surface area contributed by atoms with Crippen LogP contribution in [0.3, 0.4) is 0 Å². The number of hydrogen-bond donors (Lipinski definition) is 1. The number of carbonyl (C=O) groups is 1. The molecule has 1 N–H and O–H groups in total. The molecule has 0 amide bonds. The SMILES string of the molecule is CC(=O)c1cc2c3c(oc2cc1O)CCCC3. The van der Waals surface area contributed by atoms with Gasteiger partial charge in [-0.2, -0.15) is 0 Å². The summed E-state index contributed by atoms with van der Waals surface area (Å²) in [7, 11) is 0. The van der Waals surface area contributed by atoms with E-state index in [0.717, 1.165) is 36.8 Å². The summed E-state index contributed by atoms with van der Waals surface area (Å²) >= 11 is 0. The van der Waals surface area contributed by atoms with E-state index in [0.29, 0.717) is 11.1 Å². The number of phenols is 1. The molecule has 1 aromatic heterocycles. The van der Waals surface area contributed by atoms with Crippen LogP contribution in [0.2, 0.25) is 0 Å². The largest absolute Gasteiger partial charge is 0.507 e. The number of phenolic OH excluding ortho intramolecular Hbond substituents is 1. The minimum Gasteiger partial charge on any atom is -0.507 e. The minimum absolute atomic E-state index is 0.0103. The van der Waals surface area contributed by atoms with Gasteiger partial charge in [0.15, 0.2) is 5.78 Å². The lowest BCUT2D eigenvalue weighted by molar-refractivity contribution is 0.101. The van der Waals surface area contributed by atoms with Crippen LogP contribution < -0.4 is 0 Å². The highest BCUT2D eigenvalue weighted by atomic mass is 16.3. The Labute approximate surface area is 99.0 Å². The van der Waals surface area contributed by atoms with Crippen molar-refractivity contribution in [2.45, 2.75) is 32.6 Å². The van der Waals surface area contributed by atoms with Crippen molar-refractivity contribution in [3.63, 3.8) is 0 Å². The first-order valence-corrected chi connectivity index (χ1v) is 5.95. The average molecular weight is 230 g/mol. The maximum absolute atomic E-state index is 11.4. The van der Waals surface area contributed by atoms with Gasteiger partial charge in [0.05, 0.1) is 5.56 Å². The quantitative estimate of drug-likeness (QED) is 0.765. The van der Waals surface area contributed by atoms with Gasteiger partial charge in [-0.15, -0.1) is 0 Å². The van der Waals surface area contributed by atoms with Gasteiger partial charge in [0.1, 0.15) is 17.1 Å². The molecular weight excluding hydrogens is 216 g/mol. The predicted molar refractivity (Wildman–Crippen MR) is 64.5 cm³/mol. The summed E-state index contributed by atoms with van der Waals surface area (Å²) in [5.74, 6) is 0.914. The zero-order valence-electron chi connectivity index (χ0n) is 9.75. The molecule has 1 heterocycles. The molecule has 3 rings (SSSR count). The summed E-state index contributed by atoms with van der Waals surface area (Å²) in [5.41, 5.74) is 2.29. The van der Waals surface area contributed by atoms with Crippen molar-refractivity contribution in [3.8, 4) is 5.75 Å². The fourth-order valence-electron chi connectivity index (χ4n) is 2.58. The lowest BCUT2D eigenvalue weighted by Crippen LogP contribution is -1.99. The molecule has 0 radical (unpaired) electrons. The van der Waals surface area contributed by atoms with Gasteiger partial charge < -0.3 is 9.52 Å². The Morgan fingerprint density at radius 2 is 2.06 bits per heavy atom. The molecule has 2 aromatic rings. The first-order chi connectivity index (χ1) is 8.16. The van der Waals surface area contributed by atoms with Crippen LogP contribution in [0.15, 0.2) is 16.5 Å². The summed E-state index contributed by atoms with van der Waals surface area (Å²) in [4.78, 5) is 11.4. The standard InChI is InChI=1S/C14H14O3/c1-8(15)10-6-11-9-4-2-3-5-13(9)17-14(11)7-12(10)16/h6-7,16H,2-5H2,1H3. The van der Waals surface area contributed by atoms with E-state index in [-0.39, 0.29) is 11.5 Å². The summed E-state index contributed by atoms with van der Waals surface area (Å²) in [6.45, 7) is 1.47. The summed E-state index contributed by atoms with van der Waals surface area (Å²) in [6, 6.07) is 3.32. The molecule has 1 aromatic carbocycles. The zero-order chi connectivity index (χ0) is 12.0. The van der Waals surface area contributed by atoms with E-state index in [2.05, 4.69) is 0 Å². The number of hydrogen-bond acceptors (Lipinski definition) is 3. The van der Waals surface area contributed by atoms with Gasteiger partial charge in [-0.1, -0.05) is 0 Å². The first kappa shape index (κ1) is 10.4. The summed E-state index contributed by atoms with van der Waals surface area (Å²) in [5, 5.41) is 10.7. The average Bonchev–Trinajstić information content (AvgIpc) is 2.64.